The molecule has 1 unspecified atom stereocenters. The average molecular weight is 391 g/mol. The summed E-state index contributed by atoms with van der Waals surface area (Å²) in [4.78, 5) is 30.0. The molecule has 2 aromatic rings. The first kappa shape index (κ1) is 18.9. The number of likely N-dealkylation sites (tertiary alicyclic amines) is 1. The fourth-order valence-corrected chi connectivity index (χ4v) is 4.28. The highest BCUT2D eigenvalue weighted by Crippen LogP contribution is 2.23. The van der Waals surface area contributed by atoms with E-state index in [2.05, 4.69) is 0 Å². The van der Waals surface area contributed by atoms with Gasteiger partial charge in [0.05, 0.1) is 10.8 Å². The van der Waals surface area contributed by atoms with Crippen molar-refractivity contribution in [2.75, 3.05) is 19.6 Å². The van der Waals surface area contributed by atoms with Crippen molar-refractivity contribution in [2.24, 2.45) is 5.92 Å². The first-order valence-corrected chi connectivity index (χ1v) is 10.2. The summed E-state index contributed by atoms with van der Waals surface area (Å²) in [5.74, 6) is 0.0262. The van der Waals surface area contributed by atoms with Crippen LogP contribution in [0.5, 0.6) is 0 Å². The number of piperidine rings is 1. The first-order valence-electron chi connectivity index (χ1n) is 8.94. The topological polar surface area (TPSA) is 40.6 Å². The van der Waals surface area contributed by atoms with Gasteiger partial charge in [-0.2, -0.15) is 0 Å². The van der Waals surface area contributed by atoms with Gasteiger partial charge in [-0.3, -0.25) is 9.59 Å². The molecule has 1 aromatic heterocycles. The lowest BCUT2D eigenvalue weighted by atomic mass is 9.96. The van der Waals surface area contributed by atoms with Gasteiger partial charge in [0.1, 0.15) is 0 Å². The molecule has 1 aromatic carbocycles. The standard InChI is InChI=1S/C20H23ClN2O2S/c1-2-22(13-15-6-3-8-17(21)12-15)19(24)16-7-4-10-23(14-16)20(25)18-9-5-11-26-18/h3,5-6,8-9,11-12,16H,2,4,7,10,13-14H2,1H3. The third kappa shape index (κ3) is 4.46. The smallest absolute Gasteiger partial charge is 0.263 e. The molecule has 0 bridgehead atoms. The van der Waals surface area contributed by atoms with Crippen LogP contribution in [0.1, 0.15) is 35.0 Å². The number of nitrogens with zero attached hydrogens (tertiary/aromatic N) is 2. The van der Waals surface area contributed by atoms with E-state index in [0.29, 0.717) is 24.7 Å². The largest absolute Gasteiger partial charge is 0.338 e. The highest BCUT2D eigenvalue weighted by Gasteiger charge is 2.31. The van der Waals surface area contributed by atoms with Crippen molar-refractivity contribution >= 4 is 34.8 Å². The molecule has 1 fully saturated rings. The average Bonchev–Trinajstić information content (AvgIpc) is 3.20. The molecular formula is C20H23ClN2O2S. The molecule has 1 aliphatic heterocycles. The van der Waals surface area contributed by atoms with Gasteiger partial charge in [-0.1, -0.05) is 29.8 Å². The number of rotatable bonds is 5. The van der Waals surface area contributed by atoms with Crippen LogP contribution in [-0.4, -0.2) is 41.2 Å². The lowest BCUT2D eigenvalue weighted by Crippen LogP contribution is -2.46. The second-order valence-electron chi connectivity index (χ2n) is 6.55. The van der Waals surface area contributed by atoms with Crippen molar-refractivity contribution in [3.63, 3.8) is 0 Å². The Labute approximate surface area is 163 Å². The molecule has 1 saturated heterocycles. The van der Waals surface area contributed by atoms with Gasteiger partial charge in [0.25, 0.3) is 5.91 Å². The van der Waals surface area contributed by atoms with Crippen LogP contribution in [-0.2, 0) is 11.3 Å². The Bertz CT molecular complexity index is 763. The van der Waals surface area contributed by atoms with Crippen molar-refractivity contribution in [2.45, 2.75) is 26.3 Å². The Kier molecular flexibility index (Phi) is 6.33. The van der Waals surface area contributed by atoms with Gasteiger partial charge in [-0.05, 0) is 48.9 Å². The Morgan fingerprint density at radius 2 is 2.15 bits per heavy atom. The van der Waals surface area contributed by atoms with Gasteiger partial charge in [-0.25, -0.2) is 0 Å². The number of hydrogen-bond acceptors (Lipinski definition) is 3. The zero-order valence-corrected chi connectivity index (χ0v) is 16.4. The van der Waals surface area contributed by atoms with E-state index in [1.807, 2.05) is 58.5 Å². The van der Waals surface area contributed by atoms with E-state index < -0.39 is 0 Å². The van der Waals surface area contributed by atoms with Crippen molar-refractivity contribution < 1.29 is 9.59 Å². The molecule has 0 radical (unpaired) electrons. The molecule has 4 nitrogen and oxygen atoms in total. The lowest BCUT2D eigenvalue weighted by molar-refractivity contribution is -0.137. The van der Waals surface area contributed by atoms with Crippen LogP contribution in [0.3, 0.4) is 0 Å². The normalized spacial score (nSPS) is 17.2. The van der Waals surface area contributed by atoms with Gasteiger partial charge in [0.2, 0.25) is 5.91 Å². The van der Waals surface area contributed by atoms with E-state index in [-0.39, 0.29) is 17.7 Å². The molecule has 0 aliphatic carbocycles. The Balaban J connectivity index is 1.66. The molecule has 1 atom stereocenters. The fourth-order valence-electron chi connectivity index (χ4n) is 3.38. The Morgan fingerprint density at radius 3 is 2.85 bits per heavy atom. The van der Waals surface area contributed by atoms with E-state index in [9.17, 15) is 9.59 Å². The van der Waals surface area contributed by atoms with Crippen LogP contribution < -0.4 is 0 Å². The second-order valence-corrected chi connectivity index (χ2v) is 7.93. The van der Waals surface area contributed by atoms with Crippen LogP contribution in [0.4, 0.5) is 0 Å². The lowest BCUT2D eigenvalue weighted by Gasteiger charge is -2.34. The Morgan fingerprint density at radius 1 is 1.31 bits per heavy atom. The molecule has 0 N–H and O–H groups in total. The van der Waals surface area contributed by atoms with Crippen LogP contribution >= 0.6 is 22.9 Å². The first-order chi connectivity index (χ1) is 12.6. The molecule has 6 heteroatoms. The molecule has 0 spiro atoms. The molecule has 138 valence electrons. The number of hydrogen-bond donors (Lipinski definition) is 0. The minimum absolute atomic E-state index is 0.0374. The highest BCUT2D eigenvalue weighted by atomic mass is 35.5. The Hall–Kier alpha value is -1.85. The number of thiophene rings is 1. The zero-order chi connectivity index (χ0) is 18.5. The summed E-state index contributed by atoms with van der Waals surface area (Å²) in [5, 5.41) is 2.58. The number of halogens is 1. The third-order valence-electron chi connectivity index (χ3n) is 4.75. The second kappa shape index (κ2) is 8.69. The predicted molar refractivity (Wildman–Crippen MR) is 105 cm³/mol. The van der Waals surface area contributed by atoms with E-state index >= 15 is 0 Å². The van der Waals surface area contributed by atoms with Crippen molar-refractivity contribution in [3.05, 3.63) is 57.2 Å². The molecule has 2 heterocycles. The maximum Gasteiger partial charge on any atom is 0.263 e. The van der Waals surface area contributed by atoms with Gasteiger partial charge in [0, 0.05) is 31.2 Å². The summed E-state index contributed by atoms with van der Waals surface area (Å²) in [5.41, 5.74) is 1.02. The molecule has 1 aliphatic rings. The summed E-state index contributed by atoms with van der Waals surface area (Å²) < 4.78 is 0. The third-order valence-corrected chi connectivity index (χ3v) is 5.84. The molecule has 3 rings (SSSR count). The summed E-state index contributed by atoms with van der Waals surface area (Å²) in [6.45, 7) is 4.40. The minimum atomic E-state index is -0.133. The van der Waals surface area contributed by atoms with Crippen molar-refractivity contribution in [3.8, 4) is 0 Å². The zero-order valence-electron chi connectivity index (χ0n) is 14.9. The summed E-state index contributed by atoms with van der Waals surface area (Å²) >= 11 is 7.51. The summed E-state index contributed by atoms with van der Waals surface area (Å²) in [7, 11) is 0. The van der Waals surface area contributed by atoms with Crippen LogP contribution in [0.2, 0.25) is 5.02 Å². The van der Waals surface area contributed by atoms with E-state index in [1.54, 1.807) is 0 Å². The predicted octanol–water partition coefficient (Wildman–Crippen LogP) is 4.30. The fraction of sp³-hybridized carbons (Fsp3) is 0.400. The van der Waals surface area contributed by atoms with E-state index in [1.165, 1.54) is 11.3 Å². The monoisotopic (exact) mass is 390 g/mol. The summed E-state index contributed by atoms with van der Waals surface area (Å²) in [6, 6.07) is 11.3. The van der Waals surface area contributed by atoms with Crippen LogP contribution in [0.15, 0.2) is 41.8 Å². The molecule has 26 heavy (non-hydrogen) atoms. The number of benzene rings is 1. The van der Waals surface area contributed by atoms with Crippen LogP contribution in [0.25, 0.3) is 0 Å². The van der Waals surface area contributed by atoms with Crippen molar-refractivity contribution in [1.82, 2.24) is 9.80 Å². The number of amides is 2. The molecule has 2 amide bonds. The van der Waals surface area contributed by atoms with Gasteiger partial charge >= 0.3 is 0 Å². The maximum absolute atomic E-state index is 13.0. The SMILES string of the molecule is CCN(Cc1cccc(Cl)c1)C(=O)C1CCCN(C(=O)c2cccs2)C1. The van der Waals surface area contributed by atoms with Gasteiger partial charge < -0.3 is 9.80 Å². The highest BCUT2D eigenvalue weighted by molar-refractivity contribution is 7.12. The number of carbonyl (C=O) groups excluding carboxylic acids is 2. The van der Waals surface area contributed by atoms with Gasteiger partial charge in [0.15, 0.2) is 0 Å². The quantitative estimate of drug-likeness (QED) is 0.763. The minimum Gasteiger partial charge on any atom is -0.338 e. The summed E-state index contributed by atoms with van der Waals surface area (Å²) in [6.07, 6.45) is 1.70. The van der Waals surface area contributed by atoms with Crippen molar-refractivity contribution in [1.29, 1.82) is 0 Å². The molecule has 0 saturated carbocycles. The maximum atomic E-state index is 13.0. The van der Waals surface area contributed by atoms with Gasteiger partial charge in [-0.15, -0.1) is 11.3 Å². The van der Waals surface area contributed by atoms with E-state index in [4.69, 9.17) is 11.6 Å². The molecular weight excluding hydrogens is 368 g/mol. The number of carbonyl (C=O) groups is 2. The van der Waals surface area contributed by atoms with E-state index in [0.717, 1.165) is 29.8 Å². The van der Waals surface area contributed by atoms with Crippen LogP contribution in [0, 0.1) is 5.92 Å².